The highest BCUT2D eigenvalue weighted by Crippen LogP contribution is 2.22. The van der Waals surface area contributed by atoms with Crippen LogP contribution in [0.2, 0.25) is 0 Å². The zero-order valence-corrected chi connectivity index (χ0v) is 16.1. The Kier molecular flexibility index (Phi) is 5.20. The van der Waals surface area contributed by atoms with E-state index in [0.717, 1.165) is 35.6 Å². The summed E-state index contributed by atoms with van der Waals surface area (Å²) < 4.78 is 0. The van der Waals surface area contributed by atoms with E-state index in [0.29, 0.717) is 17.9 Å². The van der Waals surface area contributed by atoms with Crippen molar-refractivity contribution in [2.45, 2.75) is 19.8 Å². The highest BCUT2D eigenvalue weighted by molar-refractivity contribution is 6.02. The largest absolute Gasteiger partial charge is 0.322 e. The zero-order chi connectivity index (χ0) is 20.2. The Labute approximate surface area is 168 Å². The van der Waals surface area contributed by atoms with Gasteiger partial charge in [0.1, 0.15) is 5.82 Å². The molecule has 0 spiro atoms. The second kappa shape index (κ2) is 8.10. The molecule has 146 valence electrons. The first-order valence-corrected chi connectivity index (χ1v) is 9.47. The van der Waals surface area contributed by atoms with Gasteiger partial charge in [0.2, 0.25) is 11.8 Å². The Morgan fingerprint density at radius 1 is 1.21 bits per heavy atom. The van der Waals surface area contributed by atoms with Crippen LogP contribution in [-0.4, -0.2) is 33.5 Å². The monoisotopic (exact) mass is 387 g/mol. The van der Waals surface area contributed by atoms with Gasteiger partial charge < -0.3 is 10.2 Å². The van der Waals surface area contributed by atoms with Gasteiger partial charge in [-0.05, 0) is 49.2 Å². The molecule has 2 amide bonds. The first kappa shape index (κ1) is 18.6. The lowest BCUT2D eigenvalue weighted by Crippen LogP contribution is -2.23. The molecule has 2 aromatic carbocycles. The summed E-state index contributed by atoms with van der Waals surface area (Å²) >= 11 is 0. The van der Waals surface area contributed by atoms with E-state index in [1.165, 1.54) is 6.08 Å². The molecule has 4 rings (SSSR count). The number of hydrogen-bond donors (Lipinski definition) is 2. The van der Waals surface area contributed by atoms with E-state index < -0.39 is 0 Å². The fraction of sp³-hybridized carbons (Fsp3) is 0.182. The van der Waals surface area contributed by atoms with Gasteiger partial charge in [-0.2, -0.15) is 5.10 Å². The standard InChI is InChI=1S/C22H21N5O2/c1-15-23-22(26-25-15)17-4-2-5-18(14-17)24-20(28)12-9-16-7-10-19(11-8-16)27-13-3-6-21(27)29/h2,4-5,7-12,14H,3,6,13H2,1H3,(H,24,28)(H,23,25,26). The smallest absolute Gasteiger partial charge is 0.248 e. The first-order chi connectivity index (χ1) is 14.1. The Hall–Kier alpha value is -3.74. The van der Waals surface area contributed by atoms with Crippen LogP contribution in [0.25, 0.3) is 17.5 Å². The summed E-state index contributed by atoms with van der Waals surface area (Å²) in [5.41, 5.74) is 3.28. The highest BCUT2D eigenvalue weighted by atomic mass is 16.2. The molecule has 1 aromatic heterocycles. The van der Waals surface area contributed by atoms with E-state index in [4.69, 9.17) is 0 Å². The van der Waals surface area contributed by atoms with Crippen molar-refractivity contribution in [3.63, 3.8) is 0 Å². The number of aryl methyl sites for hydroxylation is 1. The van der Waals surface area contributed by atoms with Crippen LogP contribution >= 0.6 is 0 Å². The molecule has 0 unspecified atom stereocenters. The number of H-pyrrole nitrogens is 1. The minimum Gasteiger partial charge on any atom is -0.322 e. The lowest BCUT2D eigenvalue weighted by atomic mass is 10.1. The summed E-state index contributed by atoms with van der Waals surface area (Å²) in [6.45, 7) is 2.60. The van der Waals surface area contributed by atoms with Gasteiger partial charge in [-0.15, -0.1) is 0 Å². The molecule has 2 heterocycles. The van der Waals surface area contributed by atoms with Gasteiger partial charge in [0, 0.05) is 36.0 Å². The molecule has 0 atom stereocenters. The molecule has 0 aliphatic carbocycles. The molecule has 3 aromatic rings. The van der Waals surface area contributed by atoms with E-state index in [1.54, 1.807) is 11.0 Å². The zero-order valence-electron chi connectivity index (χ0n) is 16.1. The van der Waals surface area contributed by atoms with Gasteiger partial charge >= 0.3 is 0 Å². The van der Waals surface area contributed by atoms with E-state index in [-0.39, 0.29) is 11.8 Å². The summed E-state index contributed by atoms with van der Waals surface area (Å²) in [5, 5.41) is 9.79. The van der Waals surface area contributed by atoms with Crippen LogP contribution in [0.3, 0.4) is 0 Å². The fourth-order valence-electron chi connectivity index (χ4n) is 3.25. The third-order valence-electron chi connectivity index (χ3n) is 4.69. The predicted octanol–water partition coefficient (Wildman–Crippen LogP) is 3.56. The average molecular weight is 387 g/mol. The Balaban J connectivity index is 1.39. The van der Waals surface area contributed by atoms with Gasteiger partial charge in [-0.3, -0.25) is 14.7 Å². The van der Waals surface area contributed by atoms with Crippen molar-refractivity contribution in [2.24, 2.45) is 0 Å². The van der Waals surface area contributed by atoms with E-state index >= 15 is 0 Å². The molecular weight excluding hydrogens is 366 g/mol. The number of amides is 2. The maximum absolute atomic E-state index is 12.3. The van der Waals surface area contributed by atoms with Crippen molar-refractivity contribution >= 4 is 29.3 Å². The molecule has 29 heavy (non-hydrogen) atoms. The third-order valence-corrected chi connectivity index (χ3v) is 4.69. The fourth-order valence-corrected chi connectivity index (χ4v) is 3.25. The second-order valence-electron chi connectivity index (χ2n) is 6.89. The second-order valence-corrected chi connectivity index (χ2v) is 6.89. The minimum atomic E-state index is -0.230. The molecule has 2 N–H and O–H groups in total. The molecule has 7 heteroatoms. The van der Waals surface area contributed by atoms with E-state index in [1.807, 2.05) is 55.5 Å². The molecular formula is C22H21N5O2. The molecule has 1 saturated heterocycles. The van der Waals surface area contributed by atoms with E-state index in [2.05, 4.69) is 20.5 Å². The number of nitrogens with one attached hydrogen (secondary N) is 2. The predicted molar refractivity (Wildman–Crippen MR) is 112 cm³/mol. The van der Waals surface area contributed by atoms with Gasteiger partial charge in [0.05, 0.1) is 0 Å². The normalized spacial score (nSPS) is 14.0. The van der Waals surface area contributed by atoms with Gasteiger partial charge in [0.25, 0.3) is 0 Å². The van der Waals surface area contributed by atoms with Crippen LogP contribution in [0.5, 0.6) is 0 Å². The lowest BCUT2D eigenvalue weighted by Gasteiger charge is -2.15. The number of benzene rings is 2. The summed E-state index contributed by atoms with van der Waals surface area (Å²) in [4.78, 5) is 30.2. The number of aromatic nitrogens is 3. The summed E-state index contributed by atoms with van der Waals surface area (Å²) in [7, 11) is 0. The number of anilines is 2. The lowest BCUT2D eigenvalue weighted by molar-refractivity contribution is -0.117. The molecule has 1 fully saturated rings. The maximum atomic E-state index is 12.3. The molecule has 0 saturated carbocycles. The summed E-state index contributed by atoms with van der Waals surface area (Å²) in [6.07, 6.45) is 4.74. The quantitative estimate of drug-likeness (QED) is 0.655. The SMILES string of the molecule is Cc1nc(-c2cccc(NC(=O)C=Cc3ccc(N4CCCC4=O)cc3)c2)n[nH]1. The van der Waals surface area contributed by atoms with Crippen LogP contribution in [0.1, 0.15) is 24.2 Å². The summed E-state index contributed by atoms with van der Waals surface area (Å²) in [6, 6.07) is 15.0. The maximum Gasteiger partial charge on any atom is 0.248 e. The molecule has 1 aliphatic heterocycles. The van der Waals surface area contributed by atoms with Crippen LogP contribution in [0.15, 0.2) is 54.6 Å². The molecule has 7 nitrogen and oxygen atoms in total. The van der Waals surface area contributed by atoms with Crippen molar-refractivity contribution in [3.05, 3.63) is 66.0 Å². The van der Waals surface area contributed by atoms with Crippen LogP contribution in [0.4, 0.5) is 11.4 Å². The van der Waals surface area contributed by atoms with Crippen molar-refractivity contribution in [1.82, 2.24) is 15.2 Å². The van der Waals surface area contributed by atoms with Crippen LogP contribution < -0.4 is 10.2 Å². The molecule has 1 aliphatic rings. The van der Waals surface area contributed by atoms with Gasteiger partial charge in [-0.25, -0.2) is 4.98 Å². The summed E-state index contributed by atoms with van der Waals surface area (Å²) in [5.74, 6) is 1.26. The van der Waals surface area contributed by atoms with Gasteiger partial charge in [0.15, 0.2) is 5.82 Å². The van der Waals surface area contributed by atoms with E-state index in [9.17, 15) is 9.59 Å². The molecule has 0 bridgehead atoms. The Morgan fingerprint density at radius 3 is 2.72 bits per heavy atom. The van der Waals surface area contributed by atoms with Crippen molar-refractivity contribution in [2.75, 3.05) is 16.8 Å². The first-order valence-electron chi connectivity index (χ1n) is 9.47. The van der Waals surface area contributed by atoms with Crippen LogP contribution in [-0.2, 0) is 9.59 Å². The van der Waals surface area contributed by atoms with Gasteiger partial charge in [-0.1, -0.05) is 24.3 Å². The highest BCUT2D eigenvalue weighted by Gasteiger charge is 2.21. The van der Waals surface area contributed by atoms with Crippen molar-refractivity contribution in [3.8, 4) is 11.4 Å². The Morgan fingerprint density at radius 2 is 2.03 bits per heavy atom. The third kappa shape index (κ3) is 4.40. The Bertz CT molecular complexity index is 1070. The number of rotatable bonds is 5. The number of nitrogens with zero attached hydrogens (tertiary/aromatic N) is 3. The van der Waals surface area contributed by atoms with Crippen molar-refractivity contribution < 1.29 is 9.59 Å². The number of hydrogen-bond acceptors (Lipinski definition) is 4. The topological polar surface area (TPSA) is 91.0 Å². The van der Waals surface area contributed by atoms with Crippen LogP contribution in [0, 0.1) is 6.92 Å². The number of carbonyl (C=O) groups is 2. The number of aromatic amines is 1. The molecule has 0 radical (unpaired) electrons. The minimum absolute atomic E-state index is 0.162. The number of carbonyl (C=O) groups excluding carboxylic acids is 2. The average Bonchev–Trinajstić information content (AvgIpc) is 3.35. The van der Waals surface area contributed by atoms with Crippen molar-refractivity contribution in [1.29, 1.82) is 0 Å².